The molecule has 1 aliphatic rings. The minimum Gasteiger partial charge on any atom is -0.396 e. The first kappa shape index (κ1) is 30.1. The summed E-state index contributed by atoms with van der Waals surface area (Å²) >= 11 is 0. The lowest BCUT2D eigenvalue weighted by Gasteiger charge is -2.46. The first-order chi connectivity index (χ1) is 20.8. The van der Waals surface area contributed by atoms with E-state index in [0.717, 1.165) is 22.3 Å². The summed E-state index contributed by atoms with van der Waals surface area (Å²) in [7, 11) is 0. The number of hydrogen-bond acceptors (Lipinski definition) is 6. The average molecular weight is 569 g/mol. The number of aliphatic hydroxyl groups is 1. The Kier molecular flexibility index (Phi) is 11.7. The van der Waals surface area contributed by atoms with Crippen LogP contribution in [0.2, 0.25) is 0 Å². The quantitative estimate of drug-likeness (QED) is 0.187. The van der Waals surface area contributed by atoms with Gasteiger partial charge in [0.2, 0.25) is 0 Å². The maximum absolute atomic E-state index is 10.0. The van der Waals surface area contributed by atoms with Crippen molar-refractivity contribution in [3.63, 3.8) is 0 Å². The van der Waals surface area contributed by atoms with Crippen molar-refractivity contribution in [3.8, 4) is 0 Å². The maximum Gasteiger partial charge on any atom is 0.115 e. The van der Waals surface area contributed by atoms with Crippen LogP contribution in [0.4, 0.5) is 0 Å². The zero-order valence-corrected chi connectivity index (χ0v) is 23.9. The summed E-state index contributed by atoms with van der Waals surface area (Å²) in [5.41, 5.74) is 4.26. The van der Waals surface area contributed by atoms with Crippen molar-refractivity contribution in [2.24, 2.45) is 0 Å². The second-order valence-electron chi connectivity index (χ2n) is 10.5. The Morgan fingerprint density at radius 1 is 0.476 bits per heavy atom. The summed E-state index contributed by atoms with van der Waals surface area (Å²) in [6.45, 7) is 1.92. The fourth-order valence-electron chi connectivity index (χ4n) is 5.24. The minimum absolute atomic E-state index is 0.0333. The van der Waals surface area contributed by atoms with Crippen molar-refractivity contribution in [1.82, 2.24) is 0 Å². The highest BCUT2D eigenvalue weighted by atomic mass is 16.6. The molecule has 42 heavy (non-hydrogen) atoms. The van der Waals surface area contributed by atoms with Gasteiger partial charge in [-0.25, -0.2) is 0 Å². The van der Waals surface area contributed by atoms with E-state index in [1.54, 1.807) is 0 Å². The van der Waals surface area contributed by atoms with E-state index in [4.69, 9.17) is 23.7 Å². The Hall–Kier alpha value is -3.36. The van der Waals surface area contributed by atoms with Crippen LogP contribution in [0.5, 0.6) is 0 Å². The summed E-state index contributed by atoms with van der Waals surface area (Å²) in [5, 5.41) is 10.0. The van der Waals surface area contributed by atoms with Crippen molar-refractivity contribution < 1.29 is 28.8 Å². The second-order valence-corrected chi connectivity index (χ2v) is 10.5. The molecule has 1 aliphatic heterocycles. The molecule has 1 N–H and O–H groups in total. The third-order valence-corrected chi connectivity index (χ3v) is 7.39. The molecular weight excluding hydrogens is 528 g/mol. The monoisotopic (exact) mass is 568 g/mol. The maximum atomic E-state index is 10.0. The zero-order valence-electron chi connectivity index (χ0n) is 23.9. The summed E-state index contributed by atoms with van der Waals surface area (Å²) in [6.07, 6.45) is -1.82. The van der Waals surface area contributed by atoms with Crippen LogP contribution in [0.15, 0.2) is 121 Å². The van der Waals surface area contributed by atoms with Crippen LogP contribution in [0.3, 0.4) is 0 Å². The molecule has 0 saturated carbocycles. The van der Waals surface area contributed by atoms with Crippen molar-refractivity contribution in [2.45, 2.75) is 63.4 Å². The Morgan fingerprint density at radius 2 is 0.857 bits per heavy atom. The predicted molar refractivity (Wildman–Crippen MR) is 162 cm³/mol. The lowest BCUT2D eigenvalue weighted by Crippen LogP contribution is -2.61. The van der Waals surface area contributed by atoms with Crippen molar-refractivity contribution in [1.29, 1.82) is 0 Å². The largest absolute Gasteiger partial charge is 0.396 e. The molecule has 0 bridgehead atoms. The SMILES string of the molecule is OCC[C@@H]1OC(COCc2ccccc2)[C@H](OCc2ccccc2)[C@H](OCc2ccccc2)C1OCc1ccccc1. The highest BCUT2D eigenvalue weighted by molar-refractivity contribution is 5.16. The number of benzene rings is 4. The number of hydrogen-bond donors (Lipinski definition) is 1. The van der Waals surface area contributed by atoms with E-state index in [0.29, 0.717) is 39.5 Å². The van der Waals surface area contributed by atoms with E-state index in [9.17, 15) is 5.11 Å². The molecule has 6 heteroatoms. The predicted octanol–water partition coefficient (Wildman–Crippen LogP) is 6.11. The standard InChI is InChI=1S/C36H40O6/c37-22-21-32-34(39-24-29-15-7-2-8-16-29)36(41-26-31-19-11-4-12-20-31)35(40-25-30-17-9-3-10-18-30)33(42-32)27-38-23-28-13-5-1-6-14-28/h1-20,32-37H,21-27H2/t32-,33?,34?,35-,36+/m0/s1. The van der Waals surface area contributed by atoms with Crippen LogP contribution in [0.1, 0.15) is 28.7 Å². The summed E-state index contributed by atoms with van der Waals surface area (Å²) in [6, 6.07) is 40.3. The molecule has 0 radical (unpaired) electrons. The second kappa shape index (κ2) is 16.3. The smallest absolute Gasteiger partial charge is 0.115 e. The van der Waals surface area contributed by atoms with Crippen molar-refractivity contribution >= 4 is 0 Å². The van der Waals surface area contributed by atoms with Gasteiger partial charge in [0.15, 0.2) is 0 Å². The van der Waals surface area contributed by atoms with E-state index < -0.39 is 30.5 Å². The molecule has 4 aromatic rings. The topological polar surface area (TPSA) is 66.4 Å². The normalized spacial score (nSPS) is 22.2. The zero-order chi connectivity index (χ0) is 28.8. The van der Waals surface area contributed by atoms with E-state index in [-0.39, 0.29) is 6.61 Å². The van der Waals surface area contributed by atoms with Crippen LogP contribution in [0.25, 0.3) is 0 Å². The third-order valence-electron chi connectivity index (χ3n) is 7.39. The highest BCUT2D eigenvalue weighted by Crippen LogP contribution is 2.32. The summed E-state index contributed by atoms with van der Waals surface area (Å²) in [5.74, 6) is 0. The van der Waals surface area contributed by atoms with Gasteiger partial charge in [-0.15, -0.1) is 0 Å². The number of ether oxygens (including phenoxy) is 5. The van der Waals surface area contributed by atoms with Crippen molar-refractivity contribution in [3.05, 3.63) is 144 Å². The van der Waals surface area contributed by atoms with Gasteiger partial charge in [-0.05, 0) is 28.7 Å². The highest BCUT2D eigenvalue weighted by Gasteiger charge is 2.48. The lowest BCUT2D eigenvalue weighted by atomic mass is 9.92. The fourth-order valence-corrected chi connectivity index (χ4v) is 5.24. The average Bonchev–Trinajstić information content (AvgIpc) is 3.05. The third kappa shape index (κ3) is 8.82. The van der Waals surface area contributed by atoms with Crippen LogP contribution < -0.4 is 0 Å². The van der Waals surface area contributed by atoms with Gasteiger partial charge in [0.05, 0.1) is 39.1 Å². The van der Waals surface area contributed by atoms with Crippen LogP contribution in [-0.2, 0) is 50.1 Å². The molecule has 0 spiro atoms. The molecule has 1 saturated heterocycles. The first-order valence-electron chi connectivity index (χ1n) is 14.6. The number of rotatable bonds is 15. The fraction of sp³-hybridized carbons (Fsp3) is 0.333. The first-order valence-corrected chi connectivity index (χ1v) is 14.6. The van der Waals surface area contributed by atoms with Crippen LogP contribution in [-0.4, -0.2) is 48.8 Å². The van der Waals surface area contributed by atoms with Gasteiger partial charge in [-0.1, -0.05) is 121 Å². The summed E-state index contributed by atoms with van der Waals surface area (Å²) < 4.78 is 32.7. The van der Waals surface area contributed by atoms with Gasteiger partial charge >= 0.3 is 0 Å². The lowest BCUT2D eigenvalue weighted by molar-refractivity contribution is -0.274. The molecule has 2 unspecified atom stereocenters. The number of aliphatic hydroxyl groups excluding tert-OH is 1. The molecule has 5 atom stereocenters. The Morgan fingerprint density at radius 3 is 1.29 bits per heavy atom. The van der Waals surface area contributed by atoms with E-state index >= 15 is 0 Å². The Labute approximate surface area is 248 Å². The molecule has 1 heterocycles. The van der Waals surface area contributed by atoms with E-state index in [2.05, 4.69) is 0 Å². The van der Waals surface area contributed by atoms with Gasteiger partial charge in [-0.2, -0.15) is 0 Å². The van der Waals surface area contributed by atoms with Gasteiger partial charge in [0, 0.05) is 6.61 Å². The molecule has 220 valence electrons. The Balaban J connectivity index is 1.40. The molecule has 5 rings (SSSR count). The van der Waals surface area contributed by atoms with E-state index in [1.165, 1.54) is 0 Å². The van der Waals surface area contributed by atoms with Crippen LogP contribution >= 0.6 is 0 Å². The molecule has 0 aromatic heterocycles. The van der Waals surface area contributed by atoms with Gasteiger partial charge < -0.3 is 28.8 Å². The Bertz CT molecular complexity index is 1270. The van der Waals surface area contributed by atoms with Crippen LogP contribution in [0, 0.1) is 0 Å². The molecule has 0 aliphatic carbocycles. The summed E-state index contributed by atoms with van der Waals surface area (Å²) in [4.78, 5) is 0. The molecule has 4 aromatic carbocycles. The minimum atomic E-state index is -0.472. The van der Waals surface area contributed by atoms with E-state index in [1.807, 2.05) is 121 Å². The molecule has 1 fully saturated rings. The van der Waals surface area contributed by atoms with Crippen molar-refractivity contribution in [2.75, 3.05) is 13.2 Å². The van der Waals surface area contributed by atoms with Gasteiger partial charge in [0.25, 0.3) is 0 Å². The van der Waals surface area contributed by atoms with Gasteiger partial charge in [-0.3, -0.25) is 0 Å². The molecule has 6 nitrogen and oxygen atoms in total. The molecule has 0 amide bonds. The van der Waals surface area contributed by atoms with Gasteiger partial charge in [0.1, 0.15) is 24.4 Å². The molecular formula is C36H40O6.